The molecule has 1 aliphatic rings. The van der Waals surface area contributed by atoms with Crippen molar-refractivity contribution in [1.82, 2.24) is 0 Å². The third kappa shape index (κ3) is 5.06. The van der Waals surface area contributed by atoms with E-state index in [9.17, 15) is 33.0 Å². The molecule has 0 fully saturated rings. The van der Waals surface area contributed by atoms with Crippen LogP contribution in [0.4, 0.5) is 18.9 Å². The molecule has 4 rings (SSSR count). The Kier molecular flexibility index (Phi) is 6.53. The molecule has 0 radical (unpaired) electrons. The van der Waals surface area contributed by atoms with E-state index in [0.717, 1.165) is 24.3 Å². The number of phenolic OH excluding ortho intramolecular Hbond substituents is 1. The number of ether oxygens (including phenoxy) is 1. The molecule has 1 atom stereocenters. The van der Waals surface area contributed by atoms with Gasteiger partial charge in [0.2, 0.25) is 0 Å². The summed E-state index contributed by atoms with van der Waals surface area (Å²) in [7, 11) is 0. The molecule has 0 aliphatic carbocycles. The van der Waals surface area contributed by atoms with Crippen molar-refractivity contribution in [2.24, 2.45) is 0 Å². The van der Waals surface area contributed by atoms with E-state index in [1.165, 1.54) is 24.3 Å². The number of hydrogen-bond donors (Lipinski definition) is 3. The summed E-state index contributed by atoms with van der Waals surface area (Å²) in [6.45, 7) is 3.27. The highest BCUT2D eigenvalue weighted by Gasteiger charge is 2.43. The van der Waals surface area contributed by atoms with Crippen LogP contribution in [0.3, 0.4) is 0 Å². The first-order valence-electron chi connectivity index (χ1n) is 11.1. The second-order valence-electron chi connectivity index (χ2n) is 9.58. The third-order valence-corrected chi connectivity index (χ3v) is 6.27. The van der Waals surface area contributed by atoms with Crippen molar-refractivity contribution in [2.45, 2.75) is 44.3 Å². The lowest BCUT2D eigenvalue weighted by atomic mass is 9.72. The van der Waals surface area contributed by atoms with E-state index in [1.54, 1.807) is 19.9 Å². The van der Waals surface area contributed by atoms with Gasteiger partial charge in [0.15, 0.2) is 11.6 Å². The van der Waals surface area contributed by atoms with Gasteiger partial charge < -0.3 is 20.3 Å². The van der Waals surface area contributed by atoms with E-state index in [2.05, 4.69) is 5.32 Å². The monoisotopic (exact) mass is 499 g/mol. The Morgan fingerprint density at radius 3 is 2.50 bits per heavy atom. The van der Waals surface area contributed by atoms with Crippen molar-refractivity contribution in [3.63, 3.8) is 0 Å². The van der Waals surface area contributed by atoms with Crippen molar-refractivity contribution in [1.29, 1.82) is 0 Å². The lowest BCUT2D eigenvalue weighted by Gasteiger charge is -2.36. The number of hydrogen-bond acceptors (Lipinski definition) is 5. The summed E-state index contributed by atoms with van der Waals surface area (Å²) in [5, 5.41) is 24.6. The molecule has 0 saturated carbocycles. The summed E-state index contributed by atoms with van der Waals surface area (Å²) in [4.78, 5) is 25.2. The van der Waals surface area contributed by atoms with Crippen LogP contribution >= 0.6 is 0 Å². The Bertz CT molecular complexity index is 1360. The quantitative estimate of drug-likeness (QED) is 0.408. The zero-order valence-corrected chi connectivity index (χ0v) is 19.6. The van der Waals surface area contributed by atoms with Crippen LogP contribution in [0.25, 0.3) is 0 Å². The second-order valence-corrected chi connectivity index (χ2v) is 9.58. The van der Waals surface area contributed by atoms with Crippen LogP contribution in [0.15, 0.2) is 54.6 Å². The molecule has 0 aromatic heterocycles. The lowest BCUT2D eigenvalue weighted by molar-refractivity contribution is -0.136. The molecule has 6 nitrogen and oxygen atoms in total. The summed E-state index contributed by atoms with van der Waals surface area (Å²) in [5.74, 6) is -4.39. The summed E-state index contributed by atoms with van der Waals surface area (Å²) < 4.78 is 46.3. The number of carbonyl (C=O) groups is 2. The number of carbonyl (C=O) groups excluding carboxylic acids is 2. The van der Waals surface area contributed by atoms with Crippen molar-refractivity contribution in [2.75, 3.05) is 5.32 Å². The van der Waals surface area contributed by atoms with Gasteiger partial charge in [0, 0.05) is 23.2 Å². The number of nitrogens with one attached hydrogen (secondary N) is 1. The normalized spacial score (nSPS) is 14.7. The maximum absolute atomic E-state index is 14.0. The number of halogens is 3. The van der Waals surface area contributed by atoms with Gasteiger partial charge in [-0.1, -0.05) is 19.9 Å². The smallest absolute Gasteiger partial charge is 0.338 e. The number of amides is 1. The first kappa shape index (κ1) is 25.2. The summed E-state index contributed by atoms with van der Waals surface area (Å²) in [6.07, 6.45) is -0.712. The molecule has 0 spiro atoms. The minimum absolute atomic E-state index is 0.0445. The minimum Gasteiger partial charge on any atom is -0.508 e. The van der Waals surface area contributed by atoms with Crippen LogP contribution in [0, 0.1) is 17.5 Å². The highest BCUT2D eigenvalue weighted by atomic mass is 19.2. The number of cyclic esters (lactones) is 1. The maximum Gasteiger partial charge on any atom is 0.338 e. The number of aliphatic hydroxyl groups is 1. The SMILES string of the molecule is CC(C)(CC(O)(Cc1ccc(F)c(F)c1)C(=O)Nc1ccc2c(c1)COC2=O)c1cc(F)ccc1O. The van der Waals surface area contributed by atoms with Gasteiger partial charge in [-0.3, -0.25) is 4.79 Å². The van der Waals surface area contributed by atoms with E-state index in [4.69, 9.17) is 4.74 Å². The van der Waals surface area contributed by atoms with Crippen LogP contribution in [-0.2, 0) is 28.0 Å². The average Bonchev–Trinajstić information content (AvgIpc) is 3.17. The highest BCUT2D eigenvalue weighted by Crippen LogP contribution is 2.39. The second kappa shape index (κ2) is 9.31. The molecule has 1 aliphatic heterocycles. The molecule has 3 N–H and O–H groups in total. The standard InChI is InChI=1S/C27H24F3NO5/c1-26(2,20-11-17(28)4-8-23(20)32)14-27(35,12-15-3-7-21(29)22(30)9-15)25(34)31-18-5-6-19-16(10-18)13-36-24(19)33/h3-11,32,35H,12-14H2,1-2H3,(H,31,34). The topological polar surface area (TPSA) is 95.9 Å². The summed E-state index contributed by atoms with van der Waals surface area (Å²) in [6, 6.07) is 10.9. The van der Waals surface area contributed by atoms with Gasteiger partial charge >= 0.3 is 5.97 Å². The van der Waals surface area contributed by atoms with Crippen LogP contribution in [-0.4, -0.2) is 27.7 Å². The number of fused-ring (bicyclic) bond motifs is 1. The van der Waals surface area contributed by atoms with Gasteiger partial charge in [0.1, 0.15) is 23.8 Å². The maximum atomic E-state index is 14.0. The fraction of sp³-hybridized carbons (Fsp3) is 0.259. The minimum atomic E-state index is -2.20. The van der Waals surface area contributed by atoms with Gasteiger partial charge in [-0.05, 0) is 65.9 Å². The lowest BCUT2D eigenvalue weighted by Crippen LogP contribution is -2.49. The average molecular weight is 499 g/mol. The number of aromatic hydroxyl groups is 1. The molecule has 1 unspecified atom stereocenters. The predicted molar refractivity (Wildman–Crippen MR) is 125 cm³/mol. The Morgan fingerprint density at radius 2 is 1.78 bits per heavy atom. The van der Waals surface area contributed by atoms with Crippen LogP contribution in [0.5, 0.6) is 5.75 Å². The zero-order valence-electron chi connectivity index (χ0n) is 19.6. The number of anilines is 1. The number of benzene rings is 3. The molecule has 1 amide bonds. The van der Waals surface area contributed by atoms with Crippen molar-refractivity contribution >= 4 is 17.6 Å². The van der Waals surface area contributed by atoms with E-state index >= 15 is 0 Å². The van der Waals surface area contributed by atoms with Crippen LogP contribution in [0.1, 0.15) is 47.3 Å². The first-order chi connectivity index (χ1) is 16.9. The van der Waals surface area contributed by atoms with Crippen LogP contribution < -0.4 is 5.32 Å². The molecule has 1 heterocycles. The Labute approximate surface area is 205 Å². The van der Waals surface area contributed by atoms with E-state index in [-0.39, 0.29) is 35.6 Å². The van der Waals surface area contributed by atoms with Crippen molar-refractivity contribution in [3.05, 3.63) is 94.3 Å². The Balaban J connectivity index is 1.69. The number of rotatable bonds is 7. The Hall–Kier alpha value is -3.85. The number of esters is 1. The fourth-order valence-corrected chi connectivity index (χ4v) is 4.55. The largest absolute Gasteiger partial charge is 0.508 e. The van der Waals surface area contributed by atoms with E-state index in [1.807, 2.05) is 0 Å². The van der Waals surface area contributed by atoms with Gasteiger partial charge in [-0.15, -0.1) is 0 Å². The van der Waals surface area contributed by atoms with Gasteiger partial charge in [0.05, 0.1) is 5.56 Å². The molecule has 0 saturated heterocycles. The molecule has 9 heteroatoms. The summed E-state index contributed by atoms with van der Waals surface area (Å²) >= 11 is 0. The predicted octanol–water partition coefficient (Wildman–Crippen LogP) is 4.76. The first-order valence-corrected chi connectivity index (χ1v) is 11.1. The van der Waals surface area contributed by atoms with E-state index < -0.39 is 46.8 Å². The highest BCUT2D eigenvalue weighted by molar-refractivity contribution is 5.99. The fourth-order valence-electron chi connectivity index (χ4n) is 4.55. The molecule has 36 heavy (non-hydrogen) atoms. The molecule has 3 aromatic rings. The molecular weight excluding hydrogens is 475 g/mol. The molecule has 188 valence electrons. The van der Waals surface area contributed by atoms with Crippen molar-refractivity contribution in [3.8, 4) is 5.75 Å². The Morgan fingerprint density at radius 1 is 1.03 bits per heavy atom. The van der Waals surface area contributed by atoms with Crippen molar-refractivity contribution < 1.29 is 37.7 Å². The van der Waals surface area contributed by atoms with E-state index in [0.29, 0.717) is 11.1 Å². The number of phenols is 1. The van der Waals surface area contributed by atoms with Gasteiger partial charge in [-0.25, -0.2) is 18.0 Å². The zero-order chi connectivity index (χ0) is 26.3. The van der Waals surface area contributed by atoms with Gasteiger partial charge in [-0.2, -0.15) is 0 Å². The van der Waals surface area contributed by atoms with Gasteiger partial charge in [0.25, 0.3) is 5.91 Å². The molecule has 0 bridgehead atoms. The molecular formula is C27H24F3NO5. The molecule has 3 aromatic carbocycles. The summed E-state index contributed by atoms with van der Waals surface area (Å²) in [5.41, 5.74) is -1.80. The van der Waals surface area contributed by atoms with Crippen LogP contribution in [0.2, 0.25) is 0 Å². The third-order valence-electron chi connectivity index (χ3n) is 6.27.